The summed E-state index contributed by atoms with van der Waals surface area (Å²) in [7, 11) is -0.457. The van der Waals surface area contributed by atoms with Gasteiger partial charge in [-0.15, -0.1) is 0 Å². The molecule has 162 valence electrons. The minimum atomic E-state index is -4.54. The summed E-state index contributed by atoms with van der Waals surface area (Å²) in [6, 6.07) is 5.94. The molecule has 1 saturated carbocycles. The Labute approximate surface area is 179 Å². The second-order valence-corrected chi connectivity index (χ2v) is 10.2. The molecule has 2 aliphatic rings. The van der Waals surface area contributed by atoms with Crippen molar-refractivity contribution in [1.29, 1.82) is 0 Å². The summed E-state index contributed by atoms with van der Waals surface area (Å²) in [4.78, 5) is 6.73. The molecule has 2 heterocycles. The number of halogens is 3. The van der Waals surface area contributed by atoms with Gasteiger partial charge in [0, 0.05) is 36.8 Å². The molecule has 1 aliphatic heterocycles. The van der Waals surface area contributed by atoms with Crippen LogP contribution in [0.15, 0.2) is 35.4 Å². The second-order valence-electron chi connectivity index (χ2n) is 8.25. The quantitative estimate of drug-likeness (QED) is 0.694. The van der Waals surface area contributed by atoms with Gasteiger partial charge in [-0.1, -0.05) is 24.1 Å². The molecule has 1 atom stereocenters. The summed E-state index contributed by atoms with van der Waals surface area (Å²) in [5.41, 5.74) is 0.254. The molecule has 1 saturated heterocycles. The summed E-state index contributed by atoms with van der Waals surface area (Å²) >= 11 is 6.18. The Balaban J connectivity index is 1.62. The first kappa shape index (κ1) is 21.3. The van der Waals surface area contributed by atoms with Crippen molar-refractivity contribution in [2.75, 3.05) is 36.8 Å². The Hall–Kier alpha value is -1.97. The van der Waals surface area contributed by atoms with Gasteiger partial charge in [-0.3, -0.25) is 4.72 Å². The van der Waals surface area contributed by atoms with Crippen LogP contribution in [0.1, 0.15) is 19.3 Å². The molecule has 0 bridgehead atoms. The Morgan fingerprint density at radius 3 is 2.67 bits per heavy atom. The highest BCUT2D eigenvalue weighted by molar-refractivity contribution is 7.92. The number of benzene rings is 1. The molecule has 0 radical (unpaired) electrons. The third-order valence-corrected chi connectivity index (χ3v) is 7.85. The van der Waals surface area contributed by atoms with Gasteiger partial charge in [-0.05, 0) is 39.1 Å². The van der Waals surface area contributed by atoms with Crippen LogP contribution in [0, 0.1) is 17.0 Å². The van der Waals surface area contributed by atoms with Crippen LogP contribution in [-0.4, -0.2) is 51.5 Å². The number of pyridine rings is 1. The van der Waals surface area contributed by atoms with E-state index in [0.29, 0.717) is 19.1 Å². The van der Waals surface area contributed by atoms with Crippen molar-refractivity contribution < 1.29 is 17.2 Å². The average Bonchev–Trinajstić information content (AvgIpc) is 3.09. The molecular weight excluding hydrogens is 434 g/mol. The summed E-state index contributed by atoms with van der Waals surface area (Å²) in [6.07, 6.45) is 4.62. The zero-order valence-electron chi connectivity index (χ0n) is 16.7. The van der Waals surface area contributed by atoms with E-state index >= 15 is 0 Å². The van der Waals surface area contributed by atoms with Crippen LogP contribution in [0.5, 0.6) is 0 Å². The first-order valence-electron chi connectivity index (χ1n) is 9.67. The van der Waals surface area contributed by atoms with E-state index in [-0.39, 0.29) is 16.9 Å². The molecule has 1 aromatic heterocycles. The van der Waals surface area contributed by atoms with Crippen LogP contribution >= 0.6 is 11.6 Å². The van der Waals surface area contributed by atoms with Gasteiger partial charge in [0.25, 0.3) is 10.0 Å². The van der Waals surface area contributed by atoms with Gasteiger partial charge in [0.05, 0.1) is 5.69 Å². The molecule has 1 N–H and O–H groups in total. The first-order chi connectivity index (χ1) is 14.1. The van der Waals surface area contributed by atoms with E-state index < -0.39 is 31.6 Å². The molecule has 30 heavy (non-hydrogen) atoms. The van der Waals surface area contributed by atoms with Crippen LogP contribution in [0.25, 0.3) is 0 Å². The number of nitrogens with one attached hydrogen (secondary N) is 1. The molecule has 2 aromatic rings. The van der Waals surface area contributed by atoms with Crippen LogP contribution < -0.4 is 9.62 Å². The molecular formula is C20H23ClF2N4O2S. The maximum absolute atomic E-state index is 15.0. The van der Waals surface area contributed by atoms with Gasteiger partial charge in [-0.25, -0.2) is 22.2 Å². The van der Waals surface area contributed by atoms with Crippen LogP contribution in [0.3, 0.4) is 0 Å². The Kier molecular flexibility index (Phi) is 5.40. The predicted molar refractivity (Wildman–Crippen MR) is 112 cm³/mol. The average molecular weight is 457 g/mol. The third-order valence-electron chi connectivity index (χ3n) is 6.10. The van der Waals surface area contributed by atoms with E-state index in [2.05, 4.69) is 14.6 Å². The number of anilines is 2. The maximum Gasteiger partial charge on any atom is 0.268 e. The second kappa shape index (κ2) is 7.62. The molecule has 0 unspecified atom stereocenters. The van der Waals surface area contributed by atoms with Crippen LogP contribution in [-0.2, 0) is 10.0 Å². The van der Waals surface area contributed by atoms with E-state index in [4.69, 9.17) is 11.6 Å². The maximum atomic E-state index is 15.0. The minimum Gasteiger partial charge on any atom is -0.369 e. The summed E-state index contributed by atoms with van der Waals surface area (Å²) in [6.45, 7) is 1.26. The topological polar surface area (TPSA) is 65.5 Å². The molecule has 6 nitrogen and oxygen atoms in total. The molecule has 0 amide bonds. The number of aromatic nitrogens is 1. The highest BCUT2D eigenvalue weighted by Crippen LogP contribution is 2.50. The summed E-state index contributed by atoms with van der Waals surface area (Å²) in [5, 5.41) is -0.396. The van der Waals surface area contributed by atoms with E-state index in [1.165, 1.54) is 12.3 Å². The lowest BCUT2D eigenvalue weighted by molar-refractivity contribution is 0.0981. The molecule has 1 aliphatic carbocycles. The van der Waals surface area contributed by atoms with E-state index in [1.807, 2.05) is 19.0 Å². The number of rotatable bonds is 5. The SMILES string of the molecule is CN(C)[C@@H]1CCCC12CN(c1cc(F)c(S(=O)(=O)Nc3ccccn3)c(F)c1Cl)C2. The monoisotopic (exact) mass is 456 g/mol. The fourth-order valence-electron chi connectivity index (χ4n) is 4.83. The van der Waals surface area contributed by atoms with Gasteiger partial charge < -0.3 is 9.80 Å². The van der Waals surface area contributed by atoms with Crippen molar-refractivity contribution in [3.05, 3.63) is 47.1 Å². The van der Waals surface area contributed by atoms with Crippen LogP contribution in [0.4, 0.5) is 20.3 Å². The van der Waals surface area contributed by atoms with Gasteiger partial charge in [0.1, 0.15) is 16.7 Å². The van der Waals surface area contributed by atoms with Crippen molar-refractivity contribution in [2.45, 2.75) is 30.2 Å². The van der Waals surface area contributed by atoms with Gasteiger partial charge in [0.15, 0.2) is 10.7 Å². The standard InChI is InChI=1S/C20H23ClF2N4O2S/c1-26(2)15-6-5-8-20(15)11-27(12-20)14-10-13(22)19(18(23)17(14)21)30(28,29)25-16-7-3-4-9-24-16/h3-4,7,9-10,15H,5-6,8,11-12H2,1-2H3,(H,24,25)/t15-/m1/s1. The fraction of sp³-hybridized carbons (Fsp3) is 0.450. The molecule has 10 heteroatoms. The lowest BCUT2D eigenvalue weighted by atomic mass is 9.74. The van der Waals surface area contributed by atoms with Gasteiger partial charge in [-0.2, -0.15) is 0 Å². The van der Waals surface area contributed by atoms with Gasteiger partial charge in [0.2, 0.25) is 0 Å². The highest BCUT2D eigenvalue weighted by atomic mass is 35.5. The smallest absolute Gasteiger partial charge is 0.268 e. The van der Waals surface area contributed by atoms with Crippen molar-refractivity contribution in [1.82, 2.24) is 9.88 Å². The Bertz CT molecular complexity index is 1060. The van der Waals surface area contributed by atoms with Crippen molar-refractivity contribution in [3.8, 4) is 0 Å². The predicted octanol–water partition coefficient (Wildman–Crippen LogP) is 3.73. The molecule has 1 spiro atoms. The van der Waals surface area contributed by atoms with Crippen molar-refractivity contribution >= 4 is 33.1 Å². The zero-order chi connectivity index (χ0) is 21.7. The fourth-order valence-corrected chi connectivity index (χ4v) is 6.31. The largest absolute Gasteiger partial charge is 0.369 e. The van der Waals surface area contributed by atoms with Crippen molar-refractivity contribution in [2.24, 2.45) is 5.41 Å². The van der Waals surface area contributed by atoms with Crippen molar-refractivity contribution in [3.63, 3.8) is 0 Å². The third kappa shape index (κ3) is 3.52. The van der Waals surface area contributed by atoms with E-state index in [0.717, 1.165) is 25.3 Å². The normalized spacial score (nSPS) is 20.6. The van der Waals surface area contributed by atoms with Gasteiger partial charge >= 0.3 is 0 Å². The zero-order valence-corrected chi connectivity index (χ0v) is 18.3. The number of nitrogens with zero attached hydrogens (tertiary/aromatic N) is 3. The highest BCUT2D eigenvalue weighted by Gasteiger charge is 2.52. The number of hydrogen-bond donors (Lipinski definition) is 1. The number of hydrogen-bond acceptors (Lipinski definition) is 5. The minimum absolute atomic E-state index is 0.0443. The van der Waals surface area contributed by atoms with E-state index in [9.17, 15) is 17.2 Å². The molecule has 2 fully saturated rings. The summed E-state index contributed by atoms with van der Waals surface area (Å²) < 4.78 is 57.0. The summed E-state index contributed by atoms with van der Waals surface area (Å²) in [5.74, 6) is -2.53. The van der Waals surface area contributed by atoms with E-state index in [1.54, 1.807) is 12.1 Å². The lowest BCUT2D eigenvalue weighted by Crippen LogP contribution is -2.62. The Morgan fingerprint density at radius 1 is 1.30 bits per heavy atom. The first-order valence-corrected chi connectivity index (χ1v) is 11.5. The molecule has 4 rings (SSSR count). The Morgan fingerprint density at radius 2 is 2.03 bits per heavy atom. The number of sulfonamides is 1. The molecule has 1 aromatic carbocycles. The lowest BCUT2D eigenvalue weighted by Gasteiger charge is -2.54. The van der Waals surface area contributed by atoms with Crippen LogP contribution in [0.2, 0.25) is 5.02 Å².